The van der Waals surface area contributed by atoms with Crippen LogP contribution in [0.3, 0.4) is 0 Å². The summed E-state index contributed by atoms with van der Waals surface area (Å²) in [6, 6.07) is 7.60. The van der Waals surface area contributed by atoms with Crippen LogP contribution in [0.4, 0.5) is 5.69 Å². The van der Waals surface area contributed by atoms with Crippen LogP contribution >= 0.6 is 0 Å². The maximum atomic E-state index is 12.3. The first-order valence-electron chi connectivity index (χ1n) is 7.28. The van der Waals surface area contributed by atoms with Gasteiger partial charge in [0.25, 0.3) is 0 Å². The number of benzene rings is 1. The molecular weight excluding hydrogens is 234 g/mol. The van der Waals surface area contributed by atoms with Gasteiger partial charge in [0.2, 0.25) is 0 Å². The van der Waals surface area contributed by atoms with Gasteiger partial charge in [-0.05, 0) is 42.5 Å². The van der Waals surface area contributed by atoms with E-state index in [2.05, 4.69) is 6.92 Å². The lowest BCUT2D eigenvalue weighted by molar-refractivity contribution is -0.120. The molecule has 102 valence electrons. The minimum atomic E-state index is 0.240. The minimum Gasteiger partial charge on any atom is -0.399 e. The lowest BCUT2D eigenvalue weighted by Crippen LogP contribution is -2.25. The van der Waals surface area contributed by atoms with E-state index in [1.54, 1.807) is 6.08 Å². The maximum absolute atomic E-state index is 12.3. The number of nitrogen functional groups attached to an aromatic ring is 1. The van der Waals surface area contributed by atoms with E-state index in [1.807, 2.05) is 30.3 Å². The fourth-order valence-corrected chi connectivity index (χ4v) is 2.98. The molecule has 2 nitrogen and oxygen atoms in total. The van der Waals surface area contributed by atoms with Crippen LogP contribution in [0.25, 0.3) is 6.08 Å². The van der Waals surface area contributed by atoms with Crippen molar-refractivity contribution in [3.8, 4) is 0 Å². The Balaban J connectivity index is 2.01. The third-order valence-corrected chi connectivity index (χ3v) is 4.18. The fourth-order valence-electron chi connectivity index (χ4n) is 2.98. The number of anilines is 1. The summed E-state index contributed by atoms with van der Waals surface area (Å²) in [6.07, 6.45) is 9.53. The molecule has 0 saturated heterocycles. The molecule has 1 aromatic carbocycles. The SMILES string of the molecule is CCC1CCCCC1C(=O)/C=C/c1ccc(N)cc1. The van der Waals surface area contributed by atoms with Gasteiger partial charge in [0.15, 0.2) is 5.78 Å². The first kappa shape index (κ1) is 13.9. The summed E-state index contributed by atoms with van der Waals surface area (Å²) in [4.78, 5) is 12.3. The number of carbonyl (C=O) groups excluding carboxylic acids is 1. The molecule has 1 aromatic rings. The smallest absolute Gasteiger partial charge is 0.159 e. The van der Waals surface area contributed by atoms with E-state index in [-0.39, 0.29) is 5.92 Å². The van der Waals surface area contributed by atoms with E-state index in [1.165, 1.54) is 19.3 Å². The molecule has 0 bridgehead atoms. The van der Waals surface area contributed by atoms with Crippen molar-refractivity contribution in [1.82, 2.24) is 0 Å². The number of hydrogen-bond donors (Lipinski definition) is 1. The van der Waals surface area contributed by atoms with Gasteiger partial charge in [0, 0.05) is 11.6 Å². The van der Waals surface area contributed by atoms with Crippen molar-refractivity contribution in [1.29, 1.82) is 0 Å². The van der Waals surface area contributed by atoms with Gasteiger partial charge in [-0.15, -0.1) is 0 Å². The van der Waals surface area contributed by atoms with Crippen LogP contribution in [-0.2, 0) is 4.79 Å². The Morgan fingerprint density at radius 3 is 2.63 bits per heavy atom. The molecule has 2 unspecified atom stereocenters. The van der Waals surface area contributed by atoms with Crippen LogP contribution in [0.2, 0.25) is 0 Å². The quantitative estimate of drug-likeness (QED) is 0.652. The molecule has 19 heavy (non-hydrogen) atoms. The van der Waals surface area contributed by atoms with Crippen LogP contribution in [0, 0.1) is 11.8 Å². The normalized spacial score (nSPS) is 23.6. The van der Waals surface area contributed by atoms with Crippen molar-refractivity contribution in [2.75, 3.05) is 5.73 Å². The number of ketones is 1. The first-order chi connectivity index (χ1) is 9.20. The molecule has 2 heteroatoms. The third kappa shape index (κ3) is 3.69. The summed E-state index contributed by atoms with van der Waals surface area (Å²) in [6.45, 7) is 2.19. The first-order valence-corrected chi connectivity index (χ1v) is 7.28. The van der Waals surface area contributed by atoms with E-state index < -0.39 is 0 Å². The fraction of sp³-hybridized carbons (Fsp3) is 0.471. The molecule has 2 rings (SSSR count). The average molecular weight is 257 g/mol. The predicted molar refractivity (Wildman–Crippen MR) is 80.6 cm³/mol. The molecule has 1 aliphatic carbocycles. The Kier molecular flexibility index (Phi) is 4.78. The summed E-state index contributed by atoms with van der Waals surface area (Å²) >= 11 is 0. The Morgan fingerprint density at radius 1 is 1.26 bits per heavy atom. The third-order valence-electron chi connectivity index (χ3n) is 4.18. The zero-order chi connectivity index (χ0) is 13.7. The highest BCUT2D eigenvalue weighted by molar-refractivity contribution is 5.95. The van der Waals surface area contributed by atoms with Gasteiger partial charge in [-0.2, -0.15) is 0 Å². The van der Waals surface area contributed by atoms with Gasteiger partial charge in [0.1, 0.15) is 0 Å². The van der Waals surface area contributed by atoms with Crippen LogP contribution in [-0.4, -0.2) is 5.78 Å². The molecule has 0 heterocycles. The number of allylic oxidation sites excluding steroid dienone is 1. The zero-order valence-corrected chi connectivity index (χ0v) is 11.6. The van der Waals surface area contributed by atoms with Crippen LogP contribution < -0.4 is 5.73 Å². The molecule has 0 aliphatic heterocycles. The Morgan fingerprint density at radius 2 is 1.95 bits per heavy atom. The summed E-state index contributed by atoms with van der Waals surface area (Å²) in [5.74, 6) is 1.12. The van der Waals surface area contributed by atoms with Crippen molar-refractivity contribution < 1.29 is 4.79 Å². The van der Waals surface area contributed by atoms with Crippen molar-refractivity contribution in [3.63, 3.8) is 0 Å². The topological polar surface area (TPSA) is 43.1 Å². The van der Waals surface area contributed by atoms with Crippen molar-refractivity contribution in [2.45, 2.75) is 39.0 Å². The van der Waals surface area contributed by atoms with Crippen molar-refractivity contribution >= 4 is 17.5 Å². The van der Waals surface area contributed by atoms with Gasteiger partial charge in [0.05, 0.1) is 0 Å². The molecule has 2 N–H and O–H groups in total. The summed E-state index contributed by atoms with van der Waals surface area (Å²) < 4.78 is 0. The molecule has 2 atom stereocenters. The van der Waals surface area contributed by atoms with Gasteiger partial charge < -0.3 is 5.73 Å². The lowest BCUT2D eigenvalue weighted by atomic mass is 9.75. The second-order valence-electron chi connectivity index (χ2n) is 5.46. The van der Waals surface area contributed by atoms with Gasteiger partial charge >= 0.3 is 0 Å². The van der Waals surface area contributed by atoms with Crippen LogP contribution in [0.1, 0.15) is 44.6 Å². The largest absolute Gasteiger partial charge is 0.399 e. The number of carbonyl (C=O) groups is 1. The van der Waals surface area contributed by atoms with Gasteiger partial charge in [-0.1, -0.05) is 44.4 Å². The molecule has 1 saturated carbocycles. The Bertz CT molecular complexity index is 447. The van der Waals surface area contributed by atoms with Crippen LogP contribution in [0.5, 0.6) is 0 Å². The molecule has 0 radical (unpaired) electrons. The number of hydrogen-bond acceptors (Lipinski definition) is 2. The van der Waals surface area contributed by atoms with E-state index in [0.717, 1.165) is 24.1 Å². The van der Waals surface area contributed by atoms with E-state index in [9.17, 15) is 4.79 Å². The summed E-state index contributed by atoms with van der Waals surface area (Å²) in [5.41, 5.74) is 7.43. The van der Waals surface area contributed by atoms with Gasteiger partial charge in [-0.25, -0.2) is 0 Å². The van der Waals surface area contributed by atoms with E-state index in [4.69, 9.17) is 5.73 Å². The molecule has 0 spiro atoms. The summed E-state index contributed by atoms with van der Waals surface area (Å²) in [5, 5.41) is 0. The highest BCUT2D eigenvalue weighted by Gasteiger charge is 2.27. The van der Waals surface area contributed by atoms with Crippen molar-refractivity contribution in [2.24, 2.45) is 11.8 Å². The second kappa shape index (κ2) is 6.55. The Hall–Kier alpha value is -1.57. The molecule has 0 aromatic heterocycles. The van der Waals surface area contributed by atoms with Crippen molar-refractivity contribution in [3.05, 3.63) is 35.9 Å². The highest BCUT2D eigenvalue weighted by atomic mass is 16.1. The highest BCUT2D eigenvalue weighted by Crippen LogP contribution is 2.33. The molecule has 1 fully saturated rings. The minimum absolute atomic E-state index is 0.240. The second-order valence-corrected chi connectivity index (χ2v) is 5.46. The molecule has 1 aliphatic rings. The standard InChI is InChI=1S/C17H23NO/c1-2-14-5-3-4-6-16(14)17(19)12-9-13-7-10-15(18)11-8-13/h7-12,14,16H,2-6,18H2,1H3/b12-9+. The monoisotopic (exact) mass is 257 g/mol. The Labute approximate surface area is 115 Å². The van der Waals surface area contributed by atoms with Gasteiger partial charge in [-0.3, -0.25) is 4.79 Å². The predicted octanol–water partition coefficient (Wildman–Crippen LogP) is 4.07. The molecule has 0 amide bonds. The summed E-state index contributed by atoms with van der Waals surface area (Å²) in [7, 11) is 0. The zero-order valence-electron chi connectivity index (χ0n) is 11.6. The van der Waals surface area contributed by atoms with Crippen LogP contribution in [0.15, 0.2) is 30.3 Å². The van der Waals surface area contributed by atoms with E-state index in [0.29, 0.717) is 11.7 Å². The maximum Gasteiger partial charge on any atom is 0.159 e. The van der Waals surface area contributed by atoms with E-state index >= 15 is 0 Å². The average Bonchev–Trinajstić information content (AvgIpc) is 2.46. The molecular formula is C17H23NO. The number of rotatable bonds is 4. The lowest BCUT2D eigenvalue weighted by Gasteiger charge is -2.28. The number of nitrogens with two attached hydrogens (primary N) is 1.